The van der Waals surface area contributed by atoms with Gasteiger partial charge in [-0.25, -0.2) is 0 Å². The molecule has 0 saturated carbocycles. The summed E-state index contributed by atoms with van der Waals surface area (Å²) in [5.41, 5.74) is 2.02. The first-order valence-corrected chi connectivity index (χ1v) is 6.66. The molecule has 1 rings (SSSR count). The zero-order valence-electron chi connectivity index (χ0n) is 13.2. The van der Waals surface area contributed by atoms with Gasteiger partial charge in [-0.05, 0) is 37.0 Å². The van der Waals surface area contributed by atoms with E-state index in [4.69, 9.17) is 4.74 Å². The predicted octanol–water partition coefficient (Wildman–Crippen LogP) is 3.20. The fourth-order valence-corrected chi connectivity index (χ4v) is 1.85. The molecule has 0 spiro atoms. The van der Waals surface area contributed by atoms with Gasteiger partial charge in [0.15, 0.2) is 0 Å². The van der Waals surface area contributed by atoms with Gasteiger partial charge in [-0.1, -0.05) is 26.8 Å². The van der Waals surface area contributed by atoms with Crippen molar-refractivity contribution in [2.75, 3.05) is 25.7 Å². The lowest BCUT2D eigenvalue weighted by atomic mass is 9.86. The van der Waals surface area contributed by atoms with E-state index in [1.807, 2.05) is 27.0 Å². The molecule has 108 valence electrons. The summed E-state index contributed by atoms with van der Waals surface area (Å²) in [7, 11) is 3.66. The summed E-state index contributed by atoms with van der Waals surface area (Å²) in [5.74, 6) is 0.831. The summed E-state index contributed by atoms with van der Waals surface area (Å²) < 4.78 is 5.45. The zero-order valence-corrected chi connectivity index (χ0v) is 13.2. The number of anilines is 1. The Labute approximate surface area is 117 Å². The number of nitrogens with zero attached hydrogens (tertiary/aromatic N) is 1. The molecule has 1 N–H and O–H groups in total. The number of likely N-dealkylation sites (N-methyl/N-ethyl adjacent to an activating group) is 1. The fourth-order valence-electron chi connectivity index (χ4n) is 1.85. The van der Waals surface area contributed by atoms with Crippen molar-refractivity contribution < 1.29 is 9.84 Å². The molecule has 0 aromatic heterocycles. The molecule has 0 heterocycles. The molecule has 1 aromatic carbocycles. The monoisotopic (exact) mass is 265 g/mol. The van der Waals surface area contributed by atoms with Crippen molar-refractivity contribution in [3.8, 4) is 5.75 Å². The smallest absolute Gasteiger partial charge is 0.142 e. The van der Waals surface area contributed by atoms with Gasteiger partial charge in [-0.15, -0.1) is 0 Å². The molecule has 0 radical (unpaired) electrons. The lowest BCUT2D eigenvalue weighted by molar-refractivity contribution is 0.215. The van der Waals surface area contributed by atoms with E-state index in [2.05, 4.69) is 37.8 Å². The van der Waals surface area contributed by atoms with E-state index < -0.39 is 0 Å². The minimum atomic E-state index is -0.330. The Morgan fingerprint density at radius 1 is 1.16 bits per heavy atom. The third-order valence-electron chi connectivity index (χ3n) is 3.70. The van der Waals surface area contributed by atoms with E-state index in [9.17, 15) is 5.11 Å². The number of hydrogen-bond acceptors (Lipinski definition) is 3. The zero-order chi connectivity index (χ0) is 14.8. The molecule has 0 aliphatic rings. The van der Waals surface area contributed by atoms with Crippen LogP contribution in [0.5, 0.6) is 5.75 Å². The average molecular weight is 265 g/mol. The van der Waals surface area contributed by atoms with Crippen LogP contribution in [-0.4, -0.2) is 31.4 Å². The molecule has 0 unspecified atom stereocenters. The van der Waals surface area contributed by atoms with Crippen LogP contribution in [0.4, 0.5) is 5.69 Å². The lowest BCUT2D eigenvalue weighted by Crippen LogP contribution is -2.44. The normalized spacial score (nSPS) is 12.4. The SMILES string of the molecule is COc1ccc(C(C)(C)C)cc1N(C)C(C)(C)CO. The van der Waals surface area contributed by atoms with Crippen molar-refractivity contribution in [1.82, 2.24) is 0 Å². The molecule has 0 aliphatic carbocycles. The van der Waals surface area contributed by atoms with E-state index in [1.54, 1.807) is 7.11 Å². The Morgan fingerprint density at radius 2 is 1.74 bits per heavy atom. The highest BCUT2D eigenvalue weighted by atomic mass is 16.5. The Morgan fingerprint density at radius 3 is 2.16 bits per heavy atom. The molecule has 0 amide bonds. The van der Waals surface area contributed by atoms with E-state index in [0.29, 0.717) is 0 Å². The number of hydrogen-bond donors (Lipinski definition) is 1. The molecule has 3 heteroatoms. The summed E-state index contributed by atoms with van der Waals surface area (Å²) in [6.07, 6.45) is 0. The summed E-state index contributed by atoms with van der Waals surface area (Å²) in [5, 5.41) is 9.54. The third-order valence-corrected chi connectivity index (χ3v) is 3.70. The standard InChI is InChI=1S/C16H27NO2/c1-15(2,3)12-8-9-14(19-7)13(10-12)17(6)16(4,5)11-18/h8-10,18H,11H2,1-7H3. The van der Waals surface area contributed by atoms with Crippen LogP contribution in [-0.2, 0) is 5.41 Å². The number of methoxy groups -OCH3 is 1. The summed E-state index contributed by atoms with van der Waals surface area (Å²) in [4.78, 5) is 2.07. The highest BCUT2D eigenvalue weighted by molar-refractivity contribution is 5.62. The van der Waals surface area contributed by atoms with Gasteiger partial charge in [-0.3, -0.25) is 0 Å². The fraction of sp³-hybridized carbons (Fsp3) is 0.625. The van der Waals surface area contributed by atoms with Gasteiger partial charge in [0, 0.05) is 7.05 Å². The highest BCUT2D eigenvalue weighted by Crippen LogP contribution is 2.36. The largest absolute Gasteiger partial charge is 0.495 e. The van der Waals surface area contributed by atoms with Crippen molar-refractivity contribution in [2.24, 2.45) is 0 Å². The van der Waals surface area contributed by atoms with Crippen LogP contribution >= 0.6 is 0 Å². The van der Waals surface area contributed by atoms with Gasteiger partial charge in [0.05, 0.1) is 24.9 Å². The second-order valence-electron chi connectivity index (χ2n) is 6.67. The second kappa shape index (κ2) is 5.41. The van der Waals surface area contributed by atoms with E-state index in [1.165, 1.54) is 5.56 Å². The maximum absolute atomic E-state index is 9.54. The topological polar surface area (TPSA) is 32.7 Å². The molecule has 0 fully saturated rings. The molecule has 0 aliphatic heterocycles. The lowest BCUT2D eigenvalue weighted by Gasteiger charge is -2.37. The van der Waals surface area contributed by atoms with Crippen molar-refractivity contribution in [3.63, 3.8) is 0 Å². The molecule has 0 saturated heterocycles. The minimum Gasteiger partial charge on any atom is -0.495 e. The van der Waals surface area contributed by atoms with Crippen molar-refractivity contribution in [1.29, 1.82) is 0 Å². The molecular formula is C16H27NO2. The van der Waals surface area contributed by atoms with E-state index >= 15 is 0 Å². The number of aliphatic hydroxyl groups is 1. The predicted molar refractivity (Wildman–Crippen MR) is 81.3 cm³/mol. The van der Waals surface area contributed by atoms with Gasteiger partial charge in [0.1, 0.15) is 5.75 Å². The molecule has 19 heavy (non-hydrogen) atoms. The minimum absolute atomic E-state index is 0.0885. The van der Waals surface area contributed by atoms with Crippen LogP contribution in [0.25, 0.3) is 0 Å². The van der Waals surface area contributed by atoms with Gasteiger partial charge in [0.2, 0.25) is 0 Å². The van der Waals surface area contributed by atoms with Gasteiger partial charge in [-0.2, -0.15) is 0 Å². The summed E-state index contributed by atoms with van der Waals surface area (Å²) in [6, 6.07) is 6.25. The summed E-state index contributed by atoms with van der Waals surface area (Å²) >= 11 is 0. The summed E-state index contributed by atoms with van der Waals surface area (Å²) in [6.45, 7) is 10.7. The Hall–Kier alpha value is -1.22. The second-order valence-corrected chi connectivity index (χ2v) is 6.67. The first kappa shape index (κ1) is 15.8. The van der Waals surface area contributed by atoms with Gasteiger partial charge in [0.25, 0.3) is 0 Å². The van der Waals surface area contributed by atoms with Crippen LogP contribution in [0.1, 0.15) is 40.2 Å². The van der Waals surface area contributed by atoms with Crippen molar-refractivity contribution >= 4 is 5.69 Å². The molecular weight excluding hydrogens is 238 g/mol. The molecule has 0 atom stereocenters. The maximum atomic E-state index is 9.54. The first-order chi connectivity index (χ1) is 8.63. The Bertz CT molecular complexity index is 433. The van der Waals surface area contributed by atoms with Crippen LogP contribution in [0.3, 0.4) is 0 Å². The molecule has 0 bridgehead atoms. The quantitative estimate of drug-likeness (QED) is 0.907. The number of benzene rings is 1. The van der Waals surface area contributed by atoms with Gasteiger partial charge < -0.3 is 14.7 Å². The number of rotatable bonds is 4. The molecule has 3 nitrogen and oxygen atoms in total. The van der Waals surface area contributed by atoms with E-state index in [0.717, 1.165) is 11.4 Å². The third kappa shape index (κ3) is 3.41. The average Bonchev–Trinajstić information content (AvgIpc) is 2.35. The Kier molecular flexibility index (Phi) is 4.51. The highest BCUT2D eigenvalue weighted by Gasteiger charge is 2.26. The first-order valence-electron chi connectivity index (χ1n) is 6.66. The van der Waals surface area contributed by atoms with Crippen molar-refractivity contribution in [2.45, 2.75) is 45.6 Å². The number of aliphatic hydroxyl groups excluding tert-OH is 1. The van der Waals surface area contributed by atoms with Crippen LogP contribution in [0.15, 0.2) is 18.2 Å². The Balaban J connectivity index is 3.31. The van der Waals surface area contributed by atoms with Crippen LogP contribution < -0.4 is 9.64 Å². The van der Waals surface area contributed by atoms with Crippen LogP contribution in [0.2, 0.25) is 0 Å². The van der Waals surface area contributed by atoms with Crippen molar-refractivity contribution in [3.05, 3.63) is 23.8 Å². The van der Waals surface area contributed by atoms with Gasteiger partial charge >= 0.3 is 0 Å². The molecule has 1 aromatic rings. The maximum Gasteiger partial charge on any atom is 0.142 e. The van der Waals surface area contributed by atoms with E-state index in [-0.39, 0.29) is 17.6 Å². The van der Waals surface area contributed by atoms with Crippen LogP contribution in [0, 0.1) is 0 Å². The number of ether oxygens (including phenoxy) is 1.